The SMILES string of the molecule is COC(CNC(=O)Nc1cc(C)ccc1Cl)C(=O)O. The number of halogens is 1. The van der Waals surface area contributed by atoms with Gasteiger partial charge >= 0.3 is 12.0 Å². The van der Waals surface area contributed by atoms with E-state index in [4.69, 9.17) is 16.7 Å². The summed E-state index contributed by atoms with van der Waals surface area (Å²) in [6.45, 7) is 1.73. The van der Waals surface area contributed by atoms with Crippen LogP contribution in [0, 0.1) is 6.92 Å². The Bertz CT molecular complexity index is 479. The van der Waals surface area contributed by atoms with Gasteiger partial charge in [0.2, 0.25) is 0 Å². The second kappa shape index (κ2) is 6.96. The molecule has 104 valence electrons. The van der Waals surface area contributed by atoms with E-state index in [9.17, 15) is 9.59 Å². The van der Waals surface area contributed by atoms with Crippen molar-refractivity contribution in [3.05, 3.63) is 28.8 Å². The van der Waals surface area contributed by atoms with Crippen molar-refractivity contribution in [2.45, 2.75) is 13.0 Å². The summed E-state index contributed by atoms with van der Waals surface area (Å²) in [6, 6.07) is 4.65. The van der Waals surface area contributed by atoms with Crippen molar-refractivity contribution < 1.29 is 19.4 Å². The van der Waals surface area contributed by atoms with E-state index in [0.717, 1.165) is 5.56 Å². The normalized spacial score (nSPS) is 11.7. The smallest absolute Gasteiger partial charge is 0.334 e. The minimum Gasteiger partial charge on any atom is -0.479 e. The van der Waals surface area contributed by atoms with E-state index < -0.39 is 18.1 Å². The average Bonchev–Trinajstić information content (AvgIpc) is 2.34. The van der Waals surface area contributed by atoms with E-state index in [1.807, 2.05) is 13.0 Å². The number of carboxylic acid groups (broad SMARTS) is 1. The Hall–Kier alpha value is -1.79. The molecule has 0 radical (unpaired) electrons. The quantitative estimate of drug-likeness (QED) is 0.771. The Morgan fingerprint density at radius 1 is 1.47 bits per heavy atom. The number of benzene rings is 1. The van der Waals surface area contributed by atoms with Crippen LogP contribution in [-0.2, 0) is 9.53 Å². The molecule has 6 nitrogen and oxygen atoms in total. The number of aryl methyl sites for hydroxylation is 1. The molecule has 2 amide bonds. The largest absolute Gasteiger partial charge is 0.479 e. The number of rotatable bonds is 5. The number of carbonyl (C=O) groups is 2. The van der Waals surface area contributed by atoms with Gasteiger partial charge in [0.25, 0.3) is 0 Å². The van der Waals surface area contributed by atoms with Crippen LogP contribution in [0.1, 0.15) is 5.56 Å². The van der Waals surface area contributed by atoms with E-state index in [1.165, 1.54) is 7.11 Å². The lowest BCUT2D eigenvalue weighted by Crippen LogP contribution is -2.39. The topological polar surface area (TPSA) is 87.7 Å². The molecule has 1 atom stereocenters. The number of anilines is 1. The first kappa shape index (κ1) is 15.3. The number of carboxylic acids is 1. The third kappa shape index (κ3) is 4.76. The fourth-order valence-electron chi connectivity index (χ4n) is 1.36. The van der Waals surface area contributed by atoms with Crippen molar-refractivity contribution in [1.82, 2.24) is 5.32 Å². The number of nitrogens with one attached hydrogen (secondary N) is 2. The van der Waals surface area contributed by atoms with Crippen molar-refractivity contribution in [2.75, 3.05) is 19.0 Å². The number of hydrogen-bond donors (Lipinski definition) is 3. The molecule has 19 heavy (non-hydrogen) atoms. The summed E-state index contributed by atoms with van der Waals surface area (Å²) in [5.74, 6) is -1.14. The van der Waals surface area contributed by atoms with Crippen molar-refractivity contribution in [2.24, 2.45) is 0 Å². The highest BCUT2D eigenvalue weighted by Crippen LogP contribution is 2.22. The summed E-state index contributed by atoms with van der Waals surface area (Å²) in [6.07, 6.45) is -1.08. The first-order valence-electron chi connectivity index (χ1n) is 5.50. The van der Waals surface area contributed by atoms with Crippen molar-refractivity contribution in [3.63, 3.8) is 0 Å². The molecule has 7 heteroatoms. The number of ether oxygens (including phenoxy) is 1. The zero-order chi connectivity index (χ0) is 14.4. The molecule has 0 aliphatic carbocycles. The van der Waals surface area contributed by atoms with Crippen molar-refractivity contribution >= 4 is 29.3 Å². The predicted molar refractivity (Wildman–Crippen MR) is 71.6 cm³/mol. The number of aliphatic carboxylic acids is 1. The van der Waals surface area contributed by atoms with Crippen LogP contribution in [0.15, 0.2) is 18.2 Å². The third-order valence-corrected chi connectivity index (χ3v) is 2.71. The standard InChI is InChI=1S/C12H15ClN2O4/c1-7-3-4-8(13)9(5-7)15-12(18)14-6-10(19-2)11(16)17/h3-5,10H,6H2,1-2H3,(H,16,17)(H2,14,15,18). The fraction of sp³-hybridized carbons (Fsp3) is 0.333. The van der Waals surface area contributed by atoms with Gasteiger partial charge in [0.05, 0.1) is 17.3 Å². The summed E-state index contributed by atoms with van der Waals surface area (Å²) >= 11 is 5.92. The Kier molecular flexibility index (Phi) is 5.59. The summed E-state index contributed by atoms with van der Waals surface area (Å²) in [7, 11) is 1.26. The zero-order valence-electron chi connectivity index (χ0n) is 10.6. The highest BCUT2D eigenvalue weighted by molar-refractivity contribution is 6.33. The van der Waals surface area contributed by atoms with Crippen LogP contribution in [-0.4, -0.2) is 36.9 Å². The van der Waals surface area contributed by atoms with Gasteiger partial charge in [-0.05, 0) is 24.6 Å². The minimum atomic E-state index is -1.14. The van der Waals surface area contributed by atoms with Gasteiger partial charge in [0.1, 0.15) is 0 Å². The second-order valence-corrected chi connectivity index (χ2v) is 4.29. The minimum absolute atomic E-state index is 0.138. The van der Waals surface area contributed by atoms with Gasteiger partial charge in [-0.25, -0.2) is 9.59 Å². The zero-order valence-corrected chi connectivity index (χ0v) is 11.3. The molecule has 0 bridgehead atoms. The van der Waals surface area contributed by atoms with Crippen LogP contribution >= 0.6 is 11.6 Å². The molecule has 1 aromatic rings. The lowest BCUT2D eigenvalue weighted by Gasteiger charge is -2.13. The highest BCUT2D eigenvalue weighted by atomic mass is 35.5. The Balaban J connectivity index is 2.56. The maximum Gasteiger partial charge on any atom is 0.334 e. The molecule has 0 heterocycles. The van der Waals surface area contributed by atoms with Gasteiger partial charge in [-0.2, -0.15) is 0 Å². The summed E-state index contributed by atoms with van der Waals surface area (Å²) < 4.78 is 4.69. The maximum absolute atomic E-state index is 11.6. The second-order valence-electron chi connectivity index (χ2n) is 3.88. The van der Waals surface area contributed by atoms with Crippen LogP contribution in [0.3, 0.4) is 0 Å². The van der Waals surface area contributed by atoms with Crippen LogP contribution in [0.5, 0.6) is 0 Å². The molecule has 0 aliphatic heterocycles. The van der Waals surface area contributed by atoms with Gasteiger partial charge in [0, 0.05) is 7.11 Å². The molecule has 0 spiro atoms. The molecule has 3 N–H and O–H groups in total. The molecule has 1 unspecified atom stereocenters. The average molecular weight is 287 g/mol. The summed E-state index contributed by atoms with van der Waals surface area (Å²) in [5, 5.41) is 14.1. The molecule has 0 saturated heterocycles. The van der Waals surface area contributed by atoms with E-state index in [2.05, 4.69) is 15.4 Å². The van der Waals surface area contributed by atoms with Gasteiger partial charge in [-0.1, -0.05) is 17.7 Å². The Morgan fingerprint density at radius 2 is 2.16 bits per heavy atom. The lowest BCUT2D eigenvalue weighted by atomic mass is 10.2. The van der Waals surface area contributed by atoms with Crippen molar-refractivity contribution in [1.29, 1.82) is 0 Å². The molecular formula is C12H15ClN2O4. The maximum atomic E-state index is 11.6. The third-order valence-electron chi connectivity index (χ3n) is 2.38. The van der Waals surface area contributed by atoms with E-state index in [-0.39, 0.29) is 6.54 Å². The first-order chi connectivity index (χ1) is 8.93. The molecule has 0 aromatic heterocycles. The number of methoxy groups -OCH3 is 1. The van der Waals surface area contributed by atoms with Crippen LogP contribution in [0.25, 0.3) is 0 Å². The van der Waals surface area contributed by atoms with Crippen LogP contribution in [0.4, 0.5) is 10.5 Å². The number of hydrogen-bond acceptors (Lipinski definition) is 3. The molecular weight excluding hydrogens is 272 g/mol. The van der Waals surface area contributed by atoms with E-state index in [0.29, 0.717) is 10.7 Å². The molecule has 0 saturated carbocycles. The summed E-state index contributed by atoms with van der Waals surface area (Å²) in [5.41, 5.74) is 1.41. The van der Waals surface area contributed by atoms with Gasteiger partial charge in [-0.15, -0.1) is 0 Å². The predicted octanol–water partition coefficient (Wildman–Crippen LogP) is 1.87. The van der Waals surface area contributed by atoms with Gasteiger partial charge in [0.15, 0.2) is 6.10 Å². The first-order valence-corrected chi connectivity index (χ1v) is 5.88. The molecule has 1 rings (SSSR count). The Morgan fingerprint density at radius 3 is 2.74 bits per heavy atom. The van der Waals surface area contributed by atoms with Gasteiger partial charge < -0.3 is 20.5 Å². The van der Waals surface area contributed by atoms with E-state index >= 15 is 0 Å². The van der Waals surface area contributed by atoms with Crippen LogP contribution < -0.4 is 10.6 Å². The molecule has 1 aromatic carbocycles. The van der Waals surface area contributed by atoms with Gasteiger partial charge in [-0.3, -0.25) is 0 Å². The Labute approximate surface area is 115 Å². The summed E-state index contributed by atoms with van der Waals surface area (Å²) in [4.78, 5) is 22.3. The fourth-order valence-corrected chi connectivity index (χ4v) is 1.52. The highest BCUT2D eigenvalue weighted by Gasteiger charge is 2.17. The molecule has 0 fully saturated rings. The van der Waals surface area contributed by atoms with Crippen molar-refractivity contribution in [3.8, 4) is 0 Å². The van der Waals surface area contributed by atoms with Crippen LogP contribution in [0.2, 0.25) is 5.02 Å². The molecule has 0 aliphatic rings. The number of amides is 2. The number of urea groups is 1. The van der Waals surface area contributed by atoms with E-state index in [1.54, 1.807) is 12.1 Å². The number of carbonyl (C=O) groups excluding carboxylic acids is 1. The monoisotopic (exact) mass is 286 g/mol. The lowest BCUT2D eigenvalue weighted by molar-refractivity contribution is -0.147.